The third kappa shape index (κ3) is 3.05. The quantitative estimate of drug-likeness (QED) is 0.656. The summed E-state index contributed by atoms with van der Waals surface area (Å²) in [6, 6.07) is 24.4. The summed E-state index contributed by atoms with van der Waals surface area (Å²) in [6.45, 7) is 2.24. The van der Waals surface area contributed by atoms with Gasteiger partial charge in [0.2, 0.25) is 0 Å². The van der Waals surface area contributed by atoms with Crippen LogP contribution in [0.2, 0.25) is 0 Å². The van der Waals surface area contributed by atoms with Crippen LogP contribution in [0.1, 0.15) is 29.5 Å². The van der Waals surface area contributed by atoms with Crippen molar-refractivity contribution < 1.29 is 9.84 Å². The van der Waals surface area contributed by atoms with Crippen LogP contribution >= 0.6 is 0 Å². The van der Waals surface area contributed by atoms with Crippen molar-refractivity contribution in [1.82, 2.24) is 0 Å². The van der Waals surface area contributed by atoms with Crippen molar-refractivity contribution in [2.45, 2.75) is 24.9 Å². The number of benzene rings is 3. The predicted molar refractivity (Wildman–Crippen MR) is 122 cm³/mol. The van der Waals surface area contributed by atoms with Gasteiger partial charge in [-0.3, -0.25) is 4.99 Å². The fourth-order valence-corrected chi connectivity index (χ4v) is 4.61. The zero-order chi connectivity index (χ0) is 20.7. The lowest BCUT2D eigenvalue weighted by Crippen LogP contribution is -2.40. The average molecular weight is 396 g/mol. The number of amidine groups is 1. The molecule has 0 aromatic heterocycles. The SMILES string of the molecule is COc1ccc2c(c1)C=CC1=N[C@H](C(c3ccccc3)c3ccc(O)cc3)[C@H](C)N12. The second kappa shape index (κ2) is 7.38. The lowest BCUT2D eigenvalue weighted by atomic mass is 9.82. The van der Waals surface area contributed by atoms with Gasteiger partial charge in [-0.2, -0.15) is 0 Å². The zero-order valence-corrected chi connectivity index (χ0v) is 17.1. The normalized spacial score (nSPS) is 20.3. The Kier molecular flexibility index (Phi) is 4.55. The number of rotatable bonds is 4. The number of aromatic hydroxyl groups is 1. The number of fused-ring (bicyclic) bond motifs is 3. The number of phenols is 1. The molecule has 3 atom stereocenters. The fourth-order valence-electron chi connectivity index (χ4n) is 4.61. The maximum atomic E-state index is 9.79. The Labute approximate surface area is 176 Å². The lowest BCUT2D eigenvalue weighted by Gasteiger charge is -2.33. The summed E-state index contributed by atoms with van der Waals surface area (Å²) in [5.41, 5.74) is 4.67. The summed E-state index contributed by atoms with van der Waals surface area (Å²) in [6.07, 6.45) is 4.21. The molecular formula is C26H24N2O2. The molecule has 0 fully saturated rings. The highest BCUT2D eigenvalue weighted by atomic mass is 16.5. The smallest absolute Gasteiger partial charge is 0.128 e. The first kappa shape index (κ1) is 18.5. The van der Waals surface area contributed by atoms with Crippen LogP contribution in [0.4, 0.5) is 5.69 Å². The van der Waals surface area contributed by atoms with E-state index in [0.717, 1.165) is 28.4 Å². The van der Waals surface area contributed by atoms with Gasteiger partial charge in [-0.1, -0.05) is 42.5 Å². The van der Waals surface area contributed by atoms with Gasteiger partial charge in [-0.15, -0.1) is 0 Å². The van der Waals surface area contributed by atoms with Crippen LogP contribution in [0.5, 0.6) is 11.5 Å². The van der Waals surface area contributed by atoms with Gasteiger partial charge in [0.1, 0.15) is 17.3 Å². The molecule has 1 N–H and O–H groups in total. The largest absolute Gasteiger partial charge is 0.508 e. The predicted octanol–water partition coefficient (Wildman–Crippen LogP) is 5.24. The number of hydrogen-bond acceptors (Lipinski definition) is 4. The van der Waals surface area contributed by atoms with E-state index in [1.807, 2.05) is 24.3 Å². The van der Waals surface area contributed by atoms with E-state index >= 15 is 0 Å². The molecule has 0 saturated heterocycles. The summed E-state index contributed by atoms with van der Waals surface area (Å²) < 4.78 is 5.40. The first-order valence-corrected chi connectivity index (χ1v) is 10.2. The molecule has 4 nitrogen and oxygen atoms in total. The molecule has 0 amide bonds. The molecule has 0 aliphatic carbocycles. The van der Waals surface area contributed by atoms with Gasteiger partial charge in [-0.05, 0) is 60.5 Å². The molecule has 2 aliphatic heterocycles. The molecule has 4 heteroatoms. The Morgan fingerprint density at radius 3 is 2.40 bits per heavy atom. The third-order valence-electron chi connectivity index (χ3n) is 6.09. The molecule has 2 heterocycles. The van der Waals surface area contributed by atoms with E-state index in [9.17, 15) is 5.11 Å². The summed E-state index contributed by atoms with van der Waals surface area (Å²) in [7, 11) is 1.69. The van der Waals surface area contributed by atoms with Crippen LogP contribution in [0, 0.1) is 0 Å². The number of anilines is 1. The van der Waals surface area contributed by atoms with Gasteiger partial charge >= 0.3 is 0 Å². The number of nitrogens with zero attached hydrogens (tertiary/aromatic N) is 2. The molecule has 2 aliphatic rings. The van der Waals surface area contributed by atoms with Crippen molar-refractivity contribution in [2.24, 2.45) is 4.99 Å². The van der Waals surface area contributed by atoms with Crippen LogP contribution < -0.4 is 9.64 Å². The first-order chi connectivity index (χ1) is 14.7. The summed E-state index contributed by atoms with van der Waals surface area (Å²) in [4.78, 5) is 7.50. The summed E-state index contributed by atoms with van der Waals surface area (Å²) in [5.74, 6) is 2.22. The van der Waals surface area contributed by atoms with E-state index in [-0.39, 0.29) is 23.8 Å². The summed E-state index contributed by atoms with van der Waals surface area (Å²) in [5, 5.41) is 9.79. The van der Waals surface area contributed by atoms with Gasteiger partial charge in [0.15, 0.2) is 0 Å². The maximum Gasteiger partial charge on any atom is 0.128 e. The number of methoxy groups -OCH3 is 1. The van der Waals surface area contributed by atoms with Crippen molar-refractivity contribution in [3.8, 4) is 11.5 Å². The van der Waals surface area contributed by atoms with Crippen LogP contribution in [0.15, 0.2) is 83.9 Å². The van der Waals surface area contributed by atoms with Crippen molar-refractivity contribution in [1.29, 1.82) is 0 Å². The van der Waals surface area contributed by atoms with Crippen LogP contribution in [0.25, 0.3) is 6.08 Å². The highest BCUT2D eigenvalue weighted by molar-refractivity contribution is 6.13. The minimum atomic E-state index is 0.0460. The number of aliphatic imine (C=N–C) groups is 1. The van der Waals surface area contributed by atoms with E-state index in [1.54, 1.807) is 19.2 Å². The monoisotopic (exact) mass is 396 g/mol. The standard InChI is InChI=1S/C26H24N2O2/c1-17-26(25(18-6-4-3-5-7-18)19-8-11-21(29)12-9-19)27-24-15-10-20-16-22(30-2)13-14-23(20)28(17)24/h3-17,25-26,29H,1-2H3/t17-,25?,26-/m0/s1. The molecule has 5 rings (SSSR count). The van der Waals surface area contributed by atoms with Gasteiger partial charge in [0.25, 0.3) is 0 Å². The Morgan fingerprint density at radius 2 is 1.67 bits per heavy atom. The number of hydrogen-bond donors (Lipinski definition) is 1. The maximum absolute atomic E-state index is 9.79. The second-order valence-corrected chi connectivity index (χ2v) is 7.83. The van der Waals surface area contributed by atoms with Crippen LogP contribution in [0.3, 0.4) is 0 Å². The fraction of sp³-hybridized carbons (Fsp3) is 0.192. The second-order valence-electron chi connectivity index (χ2n) is 7.83. The molecule has 0 spiro atoms. The molecule has 150 valence electrons. The summed E-state index contributed by atoms with van der Waals surface area (Å²) >= 11 is 0. The molecule has 30 heavy (non-hydrogen) atoms. The van der Waals surface area contributed by atoms with Gasteiger partial charge in [-0.25, -0.2) is 0 Å². The number of phenolic OH excluding ortho intramolecular Hbond substituents is 1. The third-order valence-corrected chi connectivity index (χ3v) is 6.09. The highest BCUT2D eigenvalue weighted by Crippen LogP contribution is 2.41. The zero-order valence-electron chi connectivity index (χ0n) is 17.1. The van der Waals surface area contributed by atoms with Crippen molar-refractivity contribution >= 4 is 17.6 Å². The van der Waals surface area contributed by atoms with Crippen molar-refractivity contribution in [3.63, 3.8) is 0 Å². The van der Waals surface area contributed by atoms with E-state index in [0.29, 0.717) is 0 Å². The minimum Gasteiger partial charge on any atom is -0.508 e. The van der Waals surface area contributed by atoms with E-state index < -0.39 is 0 Å². The first-order valence-electron chi connectivity index (χ1n) is 10.2. The molecular weight excluding hydrogens is 372 g/mol. The Morgan fingerprint density at radius 1 is 0.933 bits per heavy atom. The van der Waals surface area contributed by atoms with E-state index in [4.69, 9.17) is 9.73 Å². The van der Waals surface area contributed by atoms with E-state index in [2.05, 4.69) is 60.4 Å². The average Bonchev–Trinajstić information content (AvgIpc) is 3.12. The van der Waals surface area contributed by atoms with Crippen LogP contribution in [-0.4, -0.2) is 30.1 Å². The molecule has 0 radical (unpaired) electrons. The molecule has 1 unspecified atom stereocenters. The molecule has 3 aromatic carbocycles. The Hall–Kier alpha value is -3.53. The van der Waals surface area contributed by atoms with E-state index in [1.165, 1.54) is 5.56 Å². The molecule has 0 saturated carbocycles. The molecule has 0 bridgehead atoms. The number of ether oxygens (including phenoxy) is 1. The van der Waals surface area contributed by atoms with Crippen LogP contribution in [-0.2, 0) is 0 Å². The van der Waals surface area contributed by atoms with Gasteiger partial charge in [0.05, 0.1) is 24.9 Å². The topological polar surface area (TPSA) is 45.1 Å². The Bertz CT molecular complexity index is 1120. The van der Waals surface area contributed by atoms with Gasteiger partial charge < -0.3 is 14.7 Å². The van der Waals surface area contributed by atoms with Crippen molar-refractivity contribution in [3.05, 3.63) is 95.6 Å². The van der Waals surface area contributed by atoms with Gasteiger partial charge in [0, 0.05) is 11.5 Å². The highest BCUT2D eigenvalue weighted by Gasteiger charge is 2.40. The molecule has 3 aromatic rings. The Balaban J connectivity index is 1.58. The minimum absolute atomic E-state index is 0.0460. The van der Waals surface area contributed by atoms with Crippen molar-refractivity contribution in [2.75, 3.05) is 12.0 Å². The lowest BCUT2D eigenvalue weighted by molar-refractivity contribution is 0.414.